The molecule has 2 N–H and O–H groups in total. The second-order valence-electron chi connectivity index (χ2n) is 6.10. The van der Waals surface area contributed by atoms with Gasteiger partial charge in [0, 0.05) is 13.1 Å². The van der Waals surface area contributed by atoms with E-state index >= 15 is 0 Å². The van der Waals surface area contributed by atoms with Gasteiger partial charge in [-0.15, -0.1) is 0 Å². The summed E-state index contributed by atoms with van der Waals surface area (Å²) in [5, 5.41) is 0. The van der Waals surface area contributed by atoms with Crippen LogP contribution in [0.4, 0.5) is 0 Å². The van der Waals surface area contributed by atoms with E-state index in [2.05, 4.69) is 13.5 Å². The van der Waals surface area contributed by atoms with Gasteiger partial charge < -0.3 is 14.7 Å². The second-order valence-corrected chi connectivity index (χ2v) is 7.88. The van der Waals surface area contributed by atoms with E-state index in [0.29, 0.717) is 6.54 Å². The Labute approximate surface area is 141 Å². The van der Waals surface area contributed by atoms with E-state index in [9.17, 15) is 9.36 Å². The standard InChI is InChI=1S/C17H34NO4P/c1-3-5-6-7-8-9-10-11-12-13-14-18(17(19)4-2)15-16-23(20,21)22/h4H,2-3,5-16H2,1H3,(H2,20,21,22). The lowest BCUT2D eigenvalue weighted by atomic mass is 10.1. The lowest BCUT2D eigenvalue weighted by Crippen LogP contribution is -2.33. The summed E-state index contributed by atoms with van der Waals surface area (Å²) in [6.45, 7) is 6.30. The molecule has 0 aromatic carbocycles. The fourth-order valence-corrected chi connectivity index (χ4v) is 3.00. The maximum atomic E-state index is 11.7. The summed E-state index contributed by atoms with van der Waals surface area (Å²) in [4.78, 5) is 31.0. The van der Waals surface area contributed by atoms with Crippen LogP contribution in [0.3, 0.4) is 0 Å². The average molecular weight is 347 g/mol. The predicted molar refractivity (Wildman–Crippen MR) is 95.5 cm³/mol. The van der Waals surface area contributed by atoms with E-state index < -0.39 is 7.60 Å². The van der Waals surface area contributed by atoms with Crippen LogP contribution < -0.4 is 0 Å². The van der Waals surface area contributed by atoms with Crippen molar-refractivity contribution in [2.75, 3.05) is 19.3 Å². The molecule has 0 atom stereocenters. The highest BCUT2D eigenvalue weighted by atomic mass is 31.2. The Balaban J connectivity index is 3.73. The quantitative estimate of drug-likeness (QED) is 0.266. The summed E-state index contributed by atoms with van der Waals surface area (Å²) in [6.07, 6.45) is 13.1. The predicted octanol–water partition coefficient (Wildman–Crippen LogP) is 4.10. The third kappa shape index (κ3) is 14.7. The summed E-state index contributed by atoms with van der Waals surface area (Å²) in [5.74, 6) is -0.255. The van der Waals surface area contributed by atoms with Gasteiger partial charge in [0.05, 0.1) is 6.16 Å². The Hall–Kier alpha value is -0.640. The molecule has 0 aliphatic heterocycles. The minimum absolute atomic E-state index is 0.0898. The molecule has 0 rings (SSSR count). The van der Waals surface area contributed by atoms with Gasteiger partial charge in [-0.3, -0.25) is 9.36 Å². The van der Waals surface area contributed by atoms with E-state index in [1.54, 1.807) is 0 Å². The molecular weight excluding hydrogens is 313 g/mol. The van der Waals surface area contributed by atoms with Crippen molar-refractivity contribution in [3.8, 4) is 0 Å². The molecule has 136 valence electrons. The number of nitrogens with zero attached hydrogens (tertiary/aromatic N) is 1. The molecule has 0 aliphatic rings. The molecule has 5 nitrogen and oxygen atoms in total. The van der Waals surface area contributed by atoms with Gasteiger partial charge in [0.2, 0.25) is 5.91 Å². The van der Waals surface area contributed by atoms with Gasteiger partial charge in [-0.2, -0.15) is 0 Å². The third-order valence-corrected chi connectivity index (χ3v) is 4.71. The van der Waals surface area contributed by atoms with E-state index in [1.807, 2.05) is 0 Å². The highest BCUT2D eigenvalue weighted by Crippen LogP contribution is 2.33. The number of carbonyl (C=O) groups excluding carboxylic acids is 1. The van der Waals surface area contributed by atoms with Crippen molar-refractivity contribution in [2.45, 2.75) is 71.1 Å². The molecule has 0 aromatic rings. The van der Waals surface area contributed by atoms with Gasteiger partial charge in [-0.25, -0.2) is 0 Å². The van der Waals surface area contributed by atoms with Gasteiger partial charge in [-0.1, -0.05) is 71.3 Å². The smallest absolute Gasteiger partial charge is 0.327 e. The number of carbonyl (C=O) groups is 1. The SMILES string of the molecule is C=CC(=O)N(CCCCCCCCCCCC)CCP(=O)(O)O. The van der Waals surface area contributed by atoms with E-state index in [-0.39, 0.29) is 18.6 Å². The maximum absolute atomic E-state index is 11.7. The molecule has 23 heavy (non-hydrogen) atoms. The van der Waals surface area contributed by atoms with Gasteiger partial charge in [0.1, 0.15) is 0 Å². The van der Waals surface area contributed by atoms with Crippen molar-refractivity contribution in [2.24, 2.45) is 0 Å². The van der Waals surface area contributed by atoms with E-state index in [1.165, 1.54) is 55.9 Å². The van der Waals surface area contributed by atoms with Crippen LogP contribution in [-0.2, 0) is 9.36 Å². The van der Waals surface area contributed by atoms with Crippen LogP contribution in [-0.4, -0.2) is 39.8 Å². The minimum Gasteiger partial charge on any atom is -0.339 e. The molecule has 6 heteroatoms. The largest absolute Gasteiger partial charge is 0.339 e. The van der Waals surface area contributed by atoms with Crippen LogP contribution in [0, 0.1) is 0 Å². The molecule has 0 aromatic heterocycles. The zero-order valence-electron chi connectivity index (χ0n) is 14.6. The zero-order valence-corrected chi connectivity index (χ0v) is 15.5. The van der Waals surface area contributed by atoms with Crippen LogP contribution in [0.5, 0.6) is 0 Å². The van der Waals surface area contributed by atoms with Crippen molar-refractivity contribution < 1.29 is 19.1 Å². The molecule has 0 spiro atoms. The number of rotatable bonds is 15. The highest BCUT2D eigenvalue weighted by molar-refractivity contribution is 7.51. The normalized spacial score (nSPS) is 11.4. The summed E-state index contributed by atoms with van der Waals surface area (Å²) >= 11 is 0. The fourth-order valence-electron chi connectivity index (χ4n) is 2.50. The van der Waals surface area contributed by atoms with Gasteiger partial charge in [-0.05, 0) is 12.5 Å². The second kappa shape index (κ2) is 13.8. The topological polar surface area (TPSA) is 77.8 Å². The van der Waals surface area contributed by atoms with Crippen molar-refractivity contribution in [3.05, 3.63) is 12.7 Å². The number of amides is 1. The molecule has 0 heterocycles. The first-order valence-electron chi connectivity index (χ1n) is 8.86. The van der Waals surface area contributed by atoms with Crippen molar-refractivity contribution in [3.63, 3.8) is 0 Å². The monoisotopic (exact) mass is 347 g/mol. The van der Waals surface area contributed by atoms with Crippen LogP contribution >= 0.6 is 7.60 Å². The first kappa shape index (κ1) is 22.4. The molecular formula is C17H34NO4P. The Morgan fingerprint density at radius 2 is 1.43 bits per heavy atom. The van der Waals surface area contributed by atoms with Crippen LogP contribution in [0.2, 0.25) is 0 Å². The third-order valence-electron chi connectivity index (χ3n) is 3.93. The summed E-state index contributed by atoms with van der Waals surface area (Å²) in [6, 6.07) is 0. The molecule has 0 saturated heterocycles. The van der Waals surface area contributed by atoms with Crippen LogP contribution in [0.15, 0.2) is 12.7 Å². The molecule has 0 saturated carbocycles. The first-order valence-corrected chi connectivity index (χ1v) is 10.7. The highest BCUT2D eigenvalue weighted by Gasteiger charge is 2.17. The number of hydrogen-bond acceptors (Lipinski definition) is 2. The van der Waals surface area contributed by atoms with Crippen molar-refractivity contribution in [1.29, 1.82) is 0 Å². The van der Waals surface area contributed by atoms with Crippen LogP contribution in [0.25, 0.3) is 0 Å². The van der Waals surface area contributed by atoms with Gasteiger partial charge in [0.15, 0.2) is 0 Å². The number of hydrogen-bond donors (Lipinski definition) is 2. The van der Waals surface area contributed by atoms with E-state index in [4.69, 9.17) is 9.79 Å². The molecule has 0 aliphatic carbocycles. The lowest BCUT2D eigenvalue weighted by molar-refractivity contribution is -0.125. The Morgan fingerprint density at radius 1 is 0.957 bits per heavy atom. The molecule has 0 radical (unpaired) electrons. The molecule has 0 bridgehead atoms. The first-order chi connectivity index (χ1) is 10.9. The van der Waals surface area contributed by atoms with Gasteiger partial charge in [0.25, 0.3) is 0 Å². The molecule has 0 unspecified atom stereocenters. The summed E-state index contributed by atoms with van der Waals surface area (Å²) in [7, 11) is -4.06. The van der Waals surface area contributed by atoms with E-state index in [0.717, 1.165) is 19.3 Å². The van der Waals surface area contributed by atoms with Crippen molar-refractivity contribution >= 4 is 13.5 Å². The minimum atomic E-state index is -4.06. The van der Waals surface area contributed by atoms with Gasteiger partial charge >= 0.3 is 7.60 Å². The molecule has 0 fully saturated rings. The summed E-state index contributed by atoms with van der Waals surface area (Å²) < 4.78 is 10.9. The Kier molecular flexibility index (Phi) is 13.4. The number of unbranched alkanes of at least 4 members (excludes halogenated alkanes) is 9. The Morgan fingerprint density at radius 3 is 1.87 bits per heavy atom. The fraction of sp³-hybridized carbons (Fsp3) is 0.824. The summed E-state index contributed by atoms with van der Waals surface area (Å²) in [5.41, 5.74) is 0. The maximum Gasteiger partial charge on any atom is 0.327 e. The van der Waals surface area contributed by atoms with Crippen LogP contribution in [0.1, 0.15) is 71.1 Å². The molecule has 1 amide bonds. The lowest BCUT2D eigenvalue weighted by Gasteiger charge is -2.21. The Bertz CT molecular complexity index is 368. The van der Waals surface area contributed by atoms with Crippen molar-refractivity contribution in [1.82, 2.24) is 4.90 Å². The zero-order chi connectivity index (χ0) is 17.6. The average Bonchev–Trinajstić information content (AvgIpc) is 2.50.